The lowest BCUT2D eigenvalue weighted by atomic mass is 10.2. The molecule has 2 aliphatic rings. The first-order valence-corrected chi connectivity index (χ1v) is 10.3. The molecule has 0 radical (unpaired) electrons. The molecule has 0 aliphatic carbocycles. The van der Waals surface area contributed by atoms with Gasteiger partial charge in [0.05, 0.1) is 0 Å². The maximum Gasteiger partial charge on any atom is 0.251 e. The van der Waals surface area contributed by atoms with Gasteiger partial charge in [-0.1, -0.05) is 18.2 Å². The molecule has 0 spiro atoms. The summed E-state index contributed by atoms with van der Waals surface area (Å²) in [5, 5.41) is 3.44. The minimum atomic E-state index is -0.214. The highest BCUT2D eigenvalue weighted by Crippen LogP contribution is 2.17. The summed E-state index contributed by atoms with van der Waals surface area (Å²) in [6.45, 7) is 4.67. The van der Waals surface area contributed by atoms with Crippen LogP contribution in [0.5, 0.6) is 0 Å². The number of ether oxygens (including phenoxy) is 1. The normalized spacial score (nSPS) is 20.3. The third-order valence-electron chi connectivity index (χ3n) is 4.70. The summed E-state index contributed by atoms with van der Waals surface area (Å²) in [6.07, 6.45) is 1.64. The number of hydrogen-bond acceptors (Lipinski definition) is 4. The minimum absolute atomic E-state index is 0. The molecular weight excluding hydrogens is 475 g/mol. The van der Waals surface area contributed by atoms with E-state index in [0.717, 1.165) is 57.3 Å². The Balaban J connectivity index is 0.00000261. The van der Waals surface area contributed by atoms with Crippen molar-refractivity contribution in [3.8, 4) is 0 Å². The van der Waals surface area contributed by atoms with Crippen molar-refractivity contribution in [1.82, 2.24) is 15.1 Å². The smallest absolute Gasteiger partial charge is 0.251 e. The molecule has 2 aliphatic heterocycles. The van der Waals surface area contributed by atoms with E-state index < -0.39 is 0 Å². The van der Waals surface area contributed by atoms with Crippen molar-refractivity contribution >= 4 is 47.6 Å². The molecule has 3 rings (SSSR count). The van der Waals surface area contributed by atoms with Crippen LogP contribution in [0.15, 0.2) is 40.2 Å². The van der Waals surface area contributed by atoms with Crippen LogP contribution in [-0.2, 0) is 9.53 Å². The Morgan fingerprint density at radius 2 is 1.93 bits per heavy atom. The van der Waals surface area contributed by atoms with Gasteiger partial charge in [0.25, 0.3) is 5.91 Å². The third-order valence-corrected chi connectivity index (χ3v) is 5.72. The number of thioether (sulfide) groups is 1. The van der Waals surface area contributed by atoms with Crippen LogP contribution in [0, 0.1) is 0 Å². The Morgan fingerprint density at radius 1 is 1.22 bits per heavy atom. The lowest BCUT2D eigenvalue weighted by molar-refractivity contribution is -0.142. The average Bonchev–Trinajstić information content (AvgIpc) is 3.23. The van der Waals surface area contributed by atoms with Crippen LogP contribution in [-0.4, -0.2) is 79.9 Å². The van der Waals surface area contributed by atoms with Crippen LogP contribution in [0.1, 0.15) is 12.8 Å². The van der Waals surface area contributed by atoms with E-state index >= 15 is 0 Å². The van der Waals surface area contributed by atoms with E-state index in [1.807, 2.05) is 29.8 Å². The third kappa shape index (κ3) is 6.53. The average molecular weight is 504 g/mol. The Bertz CT molecular complexity index is 603. The molecule has 0 aromatic heterocycles. The zero-order valence-corrected chi connectivity index (χ0v) is 18.9. The Labute approximate surface area is 183 Å². The fourth-order valence-corrected chi connectivity index (χ4v) is 4.08. The van der Waals surface area contributed by atoms with Gasteiger partial charge in [-0.3, -0.25) is 9.79 Å². The summed E-state index contributed by atoms with van der Waals surface area (Å²) >= 11 is 1.84. The first-order chi connectivity index (χ1) is 12.8. The molecule has 2 saturated heterocycles. The molecule has 0 bridgehead atoms. The highest BCUT2D eigenvalue weighted by atomic mass is 127. The maximum absolute atomic E-state index is 12.4. The van der Waals surface area contributed by atoms with Crippen LogP contribution in [0.4, 0.5) is 0 Å². The van der Waals surface area contributed by atoms with E-state index in [0.29, 0.717) is 6.61 Å². The van der Waals surface area contributed by atoms with E-state index in [-0.39, 0.29) is 36.0 Å². The van der Waals surface area contributed by atoms with Gasteiger partial charge in [0.2, 0.25) is 0 Å². The molecule has 1 aromatic rings. The summed E-state index contributed by atoms with van der Waals surface area (Å²) in [7, 11) is 1.82. The number of halogens is 1. The van der Waals surface area contributed by atoms with Gasteiger partial charge in [-0.05, 0) is 25.0 Å². The lowest BCUT2D eigenvalue weighted by Crippen LogP contribution is -2.55. The number of aliphatic imine (C=N–C) groups is 1. The van der Waals surface area contributed by atoms with Crippen molar-refractivity contribution < 1.29 is 9.53 Å². The van der Waals surface area contributed by atoms with Crippen LogP contribution in [0.25, 0.3) is 0 Å². The van der Waals surface area contributed by atoms with Crippen molar-refractivity contribution in [1.29, 1.82) is 0 Å². The quantitative estimate of drug-likeness (QED) is 0.219. The minimum Gasteiger partial charge on any atom is -0.368 e. The molecule has 6 nitrogen and oxygen atoms in total. The van der Waals surface area contributed by atoms with E-state index in [1.54, 1.807) is 0 Å². The maximum atomic E-state index is 12.4. The zero-order valence-electron chi connectivity index (χ0n) is 15.8. The topological polar surface area (TPSA) is 57.2 Å². The Hall–Kier alpha value is -1.00. The molecule has 0 saturated carbocycles. The molecule has 1 N–H and O–H groups in total. The predicted octanol–water partition coefficient (Wildman–Crippen LogP) is 2.30. The van der Waals surface area contributed by atoms with Crippen LogP contribution in [0.3, 0.4) is 0 Å². The van der Waals surface area contributed by atoms with Gasteiger partial charge >= 0.3 is 0 Å². The van der Waals surface area contributed by atoms with Gasteiger partial charge in [0.1, 0.15) is 6.10 Å². The molecule has 2 heterocycles. The number of amides is 1. The summed E-state index contributed by atoms with van der Waals surface area (Å²) in [4.78, 5) is 22.3. The van der Waals surface area contributed by atoms with Crippen LogP contribution in [0.2, 0.25) is 0 Å². The standard InChI is InChI=1S/C19H28N4O2S.HI/c1-20-19(21-9-15-26-16-6-3-2-4-7-16)23-12-10-22(11-13-23)18(24)17-8-5-14-25-17;/h2-4,6-7,17H,5,8-15H2,1H3,(H,20,21);1H. The summed E-state index contributed by atoms with van der Waals surface area (Å²) < 4.78 is 5.52. The van der Waals surface area contributed by atoms with E-state index in [4.69, 9.17) is 4.74 Å². The molecule has 27 heavy (non-hydrogen) atoms. The lowest BCUT2D eigenvalue weighted by Gasteiger charge is -2.37. The number of piperazine rings is 1. The second kappa shape index (κ2) is 11.8. The fraction of sp³-hybridized carbons (Fsp3) is 0.579. The largest absolute Gasteiger partial charge is 0.368 e. The number of benzene rings is 1. The predicted molar refractivity (Wildman–Crippen MR) is 121 cm³/mol. The van der Waals surface area contributed by atoms with E-state index in [2.05, 4.69) is 39.5 Å². The van der Waals surface area contributed by atoms with Crippen LogP contribution >= 0.6 is 35.7 Å². The SMILES string of the molecule is CN=C(NCCSc1ccccc1)N1CCN(C(=O)C2CCCO2)CC1.I. The highest BCUT2D eigenvalue weighted by Gasteiger charge is 2.30. The van der Waals surface area contributed by atoms with Crippen molar-refractivity contribution in [2.45, 2.75) is 23.8 Å². The van der Waals surface area contributed by atoms with E-state index in [1.165, 1.54) is 4.90 Å². The molecule has 150 valence electrons. The number of hydrogen-bond donors (Lipinski definition) is 1. The van der Waals surface area contributed by atoms with Crippen molar-refractivity contribution in [3.63, 3.8) is 0 Å². The fourth-order valence-electron chi connectivity index (χ4n) is 3.30. The van der Waals surface area contributed by atoms with Gasteiger partial charge < -0.3 is 19.9 Å². The Kier molecular flexibility index (Phi) is 9.70. The van der Waals surface area contributed by atoms with Gasteiger partial charge in [-0.15, -0.1) is 35.7 Å². The molecule has 1 unspecified atom stereocenters. The monoisotopic (exact) mass is 504 g/mol. The van der Waals surface area contributed by atoms with Gasteiger partial charge in [0.15, 0.2) is 5.96 Å². The summed E-state index contributed by atoms with van der Waals surface area (Å²) in [5.74, 6) is 2.06. The van der Waals surface area contributed by atoms with Crippen molar-refractivity contribution in [3.05, 3.63) is 30.3 Å². The number of carbonyl (C=O) groups is 1. The molecule has 1 amide bonds. The van der Waals surface area contributed by atoms with Gasteiger partial charge in [-0.25, -0.2) is 0 Å². The summed E-state index contributed by atoms with van der Waals surface area (Å²) in [6, 6.07) is 10.4. The first-order valence-electron chi connectivity index (χ1n) is 9.32. The highest BCUT2D eigenvalue weighted by molar-refractivity contribution is 14.0. The number of carbonyl (C=O) groups excluding carboxylic acids is 1. The molecule has 2 fully saturated rings. The number of guanidine groups is 1. The first kappa shape index (κ1) is 22.3. The molecule has 1 aromatic carbocycles. The van der Waals surface area contributed by atoms with Gasteiger partial charge in [-0.2, -0.15) is 0 Å². The second-order valence-electron chi connectivity index (χ2n) is 6.45. The molecular formula is C19H29IN4O2S. The molecule has 8 heteroatoms. The summed E-state index contributed by atoms with van der Waals surface area (Å²) in [5.41, 5.74) is 0. The van der Waals surface area contributed by atoms with Crippen molar-refractivity contribution in [2.75, 3.05) is 52.1 Å². The number of rotatable bonds is 5. The van der Waals surface area contributed by atoms with Crippen molar-refractivity contribution in [2.24, 2.45) is 4.99 Å². The number of nitrogens with zero attached hydrogens (tertiary/aromatic N) is 3. The molecule has 1 atom stereocenters. The second-order valence-corrected chi connectivity index (χ2v) is 7.62. The zero-order chi connectivity index (χ0) is 18.2. The van der Waals surface area contributed by atoms with E-state index in [9.17, 15) is 4.79 Å². The number of nitrogens with one attached hydrogen (secondary N) is 1. The Morgan fingerprint density at radius 3 is 2.56 bits per heavy atom. The van der Waals surface area contributed by atoms with Crippen LogP contribution < -0.4 is 5.32 Å². The van der Waals surface area contributed by atoms with Gasteiger partial charge in [0, 0.05) is 57.0 Å².